The molecule has 0 radical (unpaired) electrons. The van der Waals surface area contributed by atoms with Crippen LogP contribution < -0.4 is 5.32 Å². The molecule has 1 amide bonds. The van der Waals surface area contributed by atoms with Gasteiger partial charge in [0.05, 0.1) is 12.3 Å². The third kappa shape index (κ3) is 3.32. The Hall–Kier alpha value is -1.84. The van der Waals surface area contributed by atoms with E-state index in [1.807, 2.05) is 30.3 Å². The highest BCUT2D eigenvalue weighted by molar-refractivity contribution is 5.84. The summed E-state index contributed by atoms with van der Waals surface area (Å²) in [5.41, 5.74) is 1.02. The average molecular weight is 247 g/mol. The van der Waals surface area contributed by atoms with Gasteiger partial charge in [0, 0.05) is 6.54 Å². The van der Waals surface area contributed by atoms with Crippen LogP contribution in [0.15, 0.2) is 30.3 Å². The summed E-state index contributed by atoms with van der Waals surface area (Å²) >= 11 is 0. The van der Waals surface area contributed by atoms with Gasteiger partial charge in [-0.3, -0.25) is 9.59 Å². The van der Waals surface area contributed by atoms with Gasteiger partial charge < -0.3 is 10.4 Å². The average Bonchev–Trinajstić information content (AvgIpc) is 3.15. The number of aliphatic carboxylic acids is 1. The monoisotopic (exact) mass is 247 g/mol. The number of hydrogen-bond acceptors (Lipinski definition) is 2. The largest absolute Gasteiger partial charge is 0.481 e. The van der Waals surface area contributed by atoms with Crippen molar-refractivity contribution in [3.8, 4) is 0 Å². The Kier molecular flexibility index (Phi) is 3.97. The van der Waals surface area contributed by atoms with Gasteiger partial charge in [-0.15, -0.1) is 0 Å². The van der Waals surface area contributed by atoms with Crippen LogP contribution in [0.5, 0.6) is 0 Å². The fraction of sp³-hybridized carbons (Fsp3) is 0.429. The van der Waals surface area contributed by atoms with E-state index in [-0.39, 0.29) is 24.8 Å². The lowest BCUT2D eigenvalue weighted by Gasteiger charge is -2.16. The molecule has 0 bridgehead atoms. The molecule has 4 nitrogen and oxygen atoms in total. The summed E-state index contributed by atoms with van der Waals surface area (Å²) in [7, 11) is 0. The maximum Gasteiger partial charge on any atom is 0.305 e. The van der Waals surface area contributed by atoms with Crippen LogP contribution in [0.4, 0.5) is 0 Å². The molecule has 1 saturated carbocycles. The van der Waals surface area contributed by atoms with Crippen molar-refractivity contribution in [2.75, 3.05) is 6.54 Å². The van der Waals surface area contributed by atoms with E-state index < -0.39 is 5.97 Å². The first-order valence-corrected chi connectivity index (χ1v) is 6.23. The van der Waals surface area contributed by atoms with Crippen LogP contribution in [-0.2, 0) is 9.59 Å². The van der Waals surface area contributed by atoms with E-state index in [1.54, 1.807) is 0 Å². The second-order valence-corrected chi connectivity index (χ2v) is 4.66. The second kappa shape index (κ2) is 5.67. The molecular weight excluding hydrogens is 230 g/mol. The Morgan fingerprint density at radius 2 is 1.94 bits per heavy atom. The molecule has 0 aromatic heterocycles. The maximum atomic E-state index is 12.1. The molecule has 1 aliphatic rings. The summed E-state index contributed by atoms with van der Waals surface area (Å²) in [6.07, 6.45) is 2.12. The summed E-state index contributed by atoms with van der Waals surface area (Å²) in [6, 6.07) is 9.69. The minimum Gasteiger partial charge on any atom is -0.481 e. The molecule has 1 aromatic rings. The fourth-order valence-corrected chi connectivity index (χ4v) is 2.13. The quantitative estimate of drug-likeness (QED) is 0.805. The second-order valence-electron chi connectivity index (χ2n) is 4.66. The molecule has 18 heavy (non-hydrogen) atoms. The van der Waals surface area contributed by atoms with Gasteiger partial charge in [-0.1, -0.05) is 30.3 Å². The van der Waals surface area contributed by atoms with Crippen LogP contribution in [0.1, 0.15) is 30.7 Å². The number of carbonyl (C=O) groups excluding carboxylic acids is 1. The summed E-state index contributed by atoms with van der Waals surface area (Å²) in [5, 5.41) is 11.3. The number of carboxylic acid groups (broad SMARTS) is 1. The Bertz CT molecular complexity index is 426. The third-order valence-electron chi connectivity index (χ3n) is 3.17. The molecule has 0 spiro atoms. The van der Waals surface area contributed by atoms with Gasteiger partial charge in [-0.05, 0) is 24.3 Å². The third-order valence-corrected chi connectivity index (χ3v) is 3.17. The van der Waals surface area contributed by atoms with Crippen molar-refractivity contribution in [1.29, 1.82) is 0 Å². The summed E-state index contributed by atoms with van der Waals surface area (Å²) in [5.74, 6) is -0.653. The molecule has 96 valence electrons. The molecule has 0 aliphatic heterocycles. The number of hydrogen-bond donors (Lipinski definition) is 2. The van der Waals surface area contributed by atoms with E-state index >= 15 is 0 Å². The Labute approximate surface area is 106 Å². The van der Waals surface area contributed by atoms with Crippen molar-refractivity contribution in [3.05, 3.63) is 35.9 Å². The fourth-order valence-electron chi connectivity index (χ4n) is 2.13. The predicted octanol–water partition coefficient (Wildman–Crippen LogP) is 1.77. The van der Waals surface area contributed by atoms with Crippen LogP contribution in [0.3, 0.4) is 0 Å². The highest BCUT2D eigenvalue weighted by atomic mass is 16.4. The maximum absolute atomic E-state index is 12.1. The van der Waals surface area contributed by atoms with Crippen LogP contribution in [0, 0.1) is 5.92 Å². The zero-order chi connectivity index (χ0) is 13.0. The molecule has 2 N–H and O–H groups in total. The van der Waals surface area contributed by atoms with Gasteiger partial charge in [0.25, 0.3) is 0 Å². The molecule has 1 aliphatic carbocycles. The van der Waals surface area contributed by atoms with Crippen molar-refractivity contribution in [3.63, 3.8) is 0 Å². The van der Waals surface area contributed by atoms with E-state index in [4.69, 9.17) is 5.11 Å². The number of nitrogens with one attached hydrogen (secondary N) is 1. The summed E-state index contributed by atoms with van der Waals surface area (Å²) in [4.78, 5) is 22.5. The molecule has 0 saturated heterocycles. The Morgan fingerprint density at radius 3 is 2.50 bits per heavy atom. The smallest absolute Gasteiger partial charge is 0.305 e. The number of amides is 1. The van der Waals surface area contributed by atoms with E-state index in [9.17, 15) is 9.59 Å². The predicted molar refractivity (Wildman–Crippen MR) is 67.2 cm³/mol. The topological polar surface area (TPSA) is 66.4 Å². The van der Waals surface area contributed by atoms with Crippen molar-refractivity contribution >= 4 is 11.9 Å². The van der Waals surface area contributed by atoms with Crippen LogP contribution in [-0.4, -0.2) is 23.5 Å². The number of rotatable bonds is 6. The minimum absolute atomic E-state index is 0.0298. The van der Waals surface area contributed by atoms with E-state index in [2.05, 4.69) is 5.32 Å². The van der Waals surface area contributed by atoms with Gasteiger partial charge in [0.2, 0.25) is 5.91 Å². The first-order valence-electron chi connectivity index (χ1n) is 6.23. The standard InChI is InChI=1S/C14H17NO3/c16-12(17)8-9-15-14(18)13(11-6-7-11)10-4-2-1-3-5-10/h1-5,11,13H,6-9H2,(H,15,18)(H,16,17). The molecule has 0 heterocycles. The molecule has 1 fully saturated rings. The highest BCUT2D eigenvalue weighted by Crippen LogP contribution is 2.42. The van der Waals surface area contributed by atoms with E-state index in [0.717, 1.165) is 18.4 Å². The van der Waals surface area contributed by atoms with Gasteiger partial charge in [-0.2, -0.15) is 0 Å². The SMILES string of the molecule is O=C(O)CCNC(=O)C(c1ccccc1)C1CC1. The summed E-state index contributed by atoms with van der Waals surface area (Å²) < 4.78 is 0. The van der Waals surface area contributed by atoms with Gasteiger partial charge in [0.1, 0.15) is 0 Å². The van der Waals surface area contributed by atoms with Crippen LogP contribution in [0.25, 0.3) is 0 Å². The lowest BCUT2D eigenvalue weighted by molar-refractivity contribution is -0.136. The number of carbonyl (C=O) groups is 2. The molecule has 4 heteroatoms. The van der Waals surface area contributed by atoms with Gasteiger partial charge in [-0.25, -0.2) is 0 Å². The van der Waals surface area contributed by atoms with Gasteiger partial charge >= 0.3 is 5.97 Å². The number of benzene rings is 1. The number of carboxylic acids is 1. The van der Waals surface area contributed by atoms with Gasteiger partial charge in [0.15, 0.2) is 0 Å². The minimum atomic E-state index is -0.891. The van der Waals surface area contributed by atoms with Crippen LogP contribution >= 0.6 is 0 Å². The van der Waals surface area contributed by atoms with Crippen molar-refractivity contribution in [2.24, 2.45) is 5.92 Å². The molecular formula is C14H17NO3. The summed E-state index contributed by atoms with van der Waals surface area (Å²) in [6.45, 7) is 0.199. The van der Waals surface area contributed by atoms with Crippen molar-refractivity contribution in [2.45, 2.75) is 25.2 Å². The van der Waals surface area contributed by atoms with Crippen molar-refractivity contribution in [1.82, 2.24) is 5.32 Å². The first-order chi connectivity index (χ1) is 8.68. The molecule has 2 rings (SSSR count). The first kappa shape index (κ1) is 12.6. The molecule has 1 unspecified atom stereocenters. The van der Waals surface area contributed by atoms with Crippen LogP contribution in [0.2, 0.25) is 0 Å². The Balaban J connectivity index is 1.98. The Morgan fingerprint density at radius 1 is 1.28 bits per heavy atom. The van der Waals surface area contributed by atoms with E-state index in [0.29, 0.717) is 5.92 Å². The lowest BCUT2D eigenvalue weighted by atomic mass is 9.93. The molecule has 1 aromatic carbocycles. The van der Waals surface area contributed by atoms with E-state index in [1.165, 1.54) is 0 Å². The lowest BCUT2D eigenvalue weighted by Crippen LogP contribution is -2.32. The zero-order valence-electron chi connectivity index (χ0n) is 10.1. The highest BCUT2D eigenvalue weighted by Gasteiger charge is 2.36. The molecule has 1 atom stereocenters. The zero-order valence-corrected chi connectivity index (χ0v) is 10.1. The normalized spacial score (nSPS) is 16.0. The van der Waals surface area contributed by atoms with Crippen molar-refractivity contribution < 1.29 is 14.7 Å².